The Morgan fingerprint density at radius 1 is 1.33 bits per heavy atom. The molecule has 0 fully saturated rings. The summed E-state index contributed by atoms with van der Waals surface area (Å²) < 4.78 is 4.86. The lowest BCUT2D eigenvalue weighted by atomic mass is 10.3. The normalized spacial score (nSPS) is 10.1. The Morgan fingerprint density at radius 3 is 2.50 bits per heavy atom. The number of carboxylic acid groups (broad SMARTS) is 1. The van der Waals surface area contributed by atoms with Gasteiger partial charge >= 0.3 is 5.97 Å². The minimum atomic E-state index is -0.987. The second-order valence-corrected chi connectivity index (χ2v) is 3.82. The van der Waals surface area contributed by atoms with Crippen LogP contribution in [-0.2, 0) is 14.3 Å². The number of nitriles is 1. The number of nitrogens with zero attached hydrogens (tertiary/aromatic N) is 3. The Morgan fingerprint density at radius 2 is 2.00 bits per heavy atom. The number of amides is 1. The number of aliphatic carboxylic acids is 1. The van der Waals surface area contributed by atoms with Gasteiger partial charge in [-0.3, -0.25) is 14.5 Å². The van der Waals surface area contributed by atoms with E-state index in [1.165, 1.54) is 16.9 Å². The lowest BCUT2D eigenvalue weighted by Gasteiger charge is -2.23. The Bertz CT molecular complexity index is 314. The maximum absolute atomic E-state index is 11.7. The number of carbonyl (C=O) groups excluding carboxylic acids is 1. The van der Waals surface area contributed by atoms with Crippen LogP contribution in [-0.4, -0.2) is 73.7 Å². The summed E-state index contributed by atoms with van der Waals surface area (Å²) in [6.45, 7) is 0.891. The van der Waals surface area contributed by atoms with Crippen LogP contribution in [0.15, 0.2) is 0 Å². The Labute approximate surface area is 107 Å². The van der Waals surface area contributed by atoms with Gasteiger partial charge in [-0.05, 0) is 0 Å². The van der Waals surface area contributed by atoms with Crippen molar-refractivity contribution in [2.24, 2.45) is 0 Å². The topological polar surface area (TPSA) is 93.9 Å². The highest BCUT2D eigenvalue weighted by Crippen LogP contribution is 1.94. The van der Waals surface area contributed by atoms with Gasteiger partial charge in [0.1, 0.15) is 0 Å². The molecule has 0 saturated heterocycles. The van der Waals surface area contributed by atoms with Gasteiger partial charge in [0.05, 0.1) is 32.2 Å². The van der Waals surface area contributed by atoms with Gasteiger partial charge in [0.25, 0.3) is 0 Å². The van der Waals surface area contributed by atoms with Crippen molar-refractivity contribution in [2.45, 2.75) is 6.42 Å². The zero-order valence-electron chi connectivity index (χ0n) is 10.8. The van der Waals surface area contributed by atoms with E-state index in [4.69, 9.17) is 15.1 Å². The first kappa shape index (κ1) is 16.4. The fourth-order valence-electron chi connectivity index (χ4n) is 1.28. The molecule has 18 heavy (non-hydrogen) atoms. The zero-order chi connectivity index (χ0) is 14.0. The largest absolute Gasteiger partial charge is 0.480 e. The maximum Gasteiger partial charge on any atom is 0.317 e. The standard InChI is InChI=1S/C11H19N3O4/c1-13(5-3-4-12)10(15)8-14(6-7-18-2)9-11(16)17/h3,5-9H2,1-2H3,(H,16,17). The molecule has 0 aliphatic heterocycles. The van der Waals surface area contributed by atoms with Gasteiger partial charge < -0.3 is 14.7 Å². The number of carbonyl (C=O) groups is 2. The van der Waals surface area contributed by atoms with E-state index in [0.717, 1.165) is 0 Å². The fraction of sp³-hybridized carbons (Fsp3) is 0.727. The number of likely N-dealkylation sites (N-methyl/N-ethyl adjacent to an activating group) is 1. The van der Waals surface area contributed by atoms with Crippen molar-refractivity contribution in [3.8, 4) is 6.07 Å². The minimum absolute atomic E-state index is 0.0115. The van der Waals surface area contributed by atoms with Gasteiger partial charge in [0.15, 0.2) is 0 Å². The van der Waals surface area contributed by atoms with Crippen LogP contribution in [0.5, 0.6) is 0 Å². The Hall–Kier alpha value is -1.65. The van der Waals surface area contributed by atoms with Gasteiger partial charge in [-0.15, -0.1) is 0 Å². The van der Waals surface area contributed by atoms with Crippen LogP contribution >= 0.6 is 0 Å². The summed E-state index contributed by atoms with van der Waals surface area (Å²) in [6, 6.07) is 1.95. The lowest BCUT2D eigenvalue weighted by Crippen LogP contribution is -2.42. The molecule has 0 aromatic heterocycles. The van der Waals surface area contributed by atoms with E-state index in [-0.39, 0.29) is 25.4 Å². The van der Waals surface area contributed by atoms with Gasteiger partial charge in [-0.2, -0.15) is 5.26 Å². The molecule has 0 aliphatic carbocycles. The number of methoxy groups -OCH3 is 1. The van der Waals surface area contributed by atoms with E-state index in [9.17, 15) is 9.59 Å². The number of hydrogen-bond acceptors (Lipinski definition) is 5. The third-order valence-corrected chi connectivity index (χ3v) is 2.31. The third-order valence-electron chi connectivity index (χ3n) is 2.31. The van der Waals surface area contributed by atoms with E-state index >= 15 is 0 Å². The molecule has 0 unspecified atom stereocenters. The predicted octanol–water partition coefficient (Wildman–Crippen LogP) is -0.609. The minimum Gasteiger partial charge on any atom is -0.480 e. The van der Waals surface area contributed by atoms with Crippen molar-refractivity contribution >= 4 is 11.9 Å². The molecule has 0 spiro atoms. The van der Waals surface area contributed by atoms with E-state index in [1.54, 1.807) is 7.05 Å². The van der Waals surface area contributed by atoms with Crippen LogP contribution in [0.2, 0.25) is 0 Å². The monoisotopic (exact) mass is 257 g/mol. The molecule has 0 atom stereocenters. The molecule has 0 aromatic rings. The average Bonchev–Trinajstić information content (AvgIpc) is 2.32. The van der Waals surface area contributed by atoms with Crippen LogP contribution in [0.25, 0.3) is 0 Å². The van der Waals surface area contributed by atoms with Crippen molar-refractivity contribution in [3.63, 3.8) is 0 Å². The maximum atomic E-state index is 11.7. The lowest BCUT2D eigenvalue weighted by molar-refractivity contribution is -0.139. The van der Waals surface area contributed by atoms with Crippen molar-refractivity contribution in [1.82, 2.24) is 9.80 Å². The summed E-state index contributed by atoms with van der Waals surface area (Å²) in [5.41, 5.74) is 0. The summed E-state index contributed by atoms with van der Waals surface area (Å²) in [5, 5.41) is 17.1. The summed E-state index contributed by atoms with van der Waals surface area (Å²) in [6.07, 6.45) is 0.263. The number of hydrogen-bond donors (Lipinski definition) is 1. The third kappa shape index (κ3) is 7.60. The molecule has 1 N–H and O–H groups in total. The molecule has 0 bridgehead atoms. The summed E-state index contributed by atoms with van der Waals surface area (Å²) in [4.78, 5) is 25.3. The van der Waals surface area contributed by atoms with Crippen molar-refractivity contribution in [1.29, 1.82) is 5.26 Å². The van der Waals surface area contributed by atoms with Crippen LogP contribution in [0.4, 0.5) is 0 Å². The second-order valence-electron chi connectivity index (χ2n) is 3.82. The highest BCUT2D eigenvalue weighted by Gasteiger charge is 2.16. The number of ether oxygens (including phenoxy) is 1. The van der Waals surface area contributed by atoms with Gasteiger partial charge in [0.2, 0.25) is 5.91 Å². The molecule has 0 rings (SSSR count). The van der Waals surface area contributed by atoms with Crippen molar-refractivity contribution < 1.29 is 19.4 Å². The Kier molecular flexibility index (Phi) is 8.53. The molecule has 7 heteroatoms. The van der Waals surface area contributed by atoms with Crippen LogP contribution in [0, 0.1) is 11.3 Å². The van der Waals surface area contributed by atoms with E-state index < -0.39 is 5.97 Å². The fourth-order valence-corrected chi connectivity index (χ4v) is 1.28. The molecule has 0 aliphatic rings. The van der Waals surface area contributed by atoms with Gasteiger partial charge in [-0.25, -0.2) is 0 Å². The van der Waals surface area contributed by atoms with Gasteiger partial charge in [-0.1, -0.05) is 0 Å². The molecule has 7 nitrogen and oxygen atoms in total. The van der Waals surface area contributed by atoms with E-state index in [2.05, 4.69) is 0 Å². The highest BCUT2D eigenvalue weighted by molar-refractivity contribution is 5.79. The summed E-state index contributed by atoms with van der Waals surface area (Å²) in [5.74, 6) is -1.19. The van der Waals surface area contributed by atoms with Crippen molar-refractivity contribution in [2.75, 3.05) is 46.9 Å². The van der Waals surface area contributed by atoms with E-state index in [1.807, 2.05) is 6.07 Å². The number of carboxylic acids is 1. The summed E-state index contributed by atoms with van der Waals surface area (Å²) >= 11 is 0. The zero-order valence-corrected chi connectivity index (χ0v) is 10.8. The first-order valence-corrected chi connectivity index (χ1v) is 5.55. The van der Waals surface area contributed by atoms with Crippen LogP contribution in [0.3, 0.4) is 0 Å². The predicted molar refractivity (Wildman–Crippen MR) is 63.8 cm³/mol. The molecular formula is C11H19N3O4. The molecule has 0 saturated carbocycles. The van der Waals surface area contributed by atoms with Gasteiger partial charge in [0, 0.05) is 27.2 Å². The molecule has 0 heterocycles. The number of rotatable bonds is 9. The highest BCUT2D eigenvalue weighted by atomic mass is 16.5. The molecular weight excluding hydrogens is 238 g/mol. The van der Waals surface area contributed by atoms with Crippen LogP contribution < -0.4 is 0 Å². The SMILES string of the molecule is COCCN(CC(=O)O)CC(=O)N(C)CCC#N. The Balaban J connectivity index is 4.24. The first-order valence-electron chi connectivity index (χ1n) is 5.55. The average molecular weight is 257 g/mol. The van der Waals surface area contributed by atoms with Crippen LogP contribution in [0.1, 0.15) is 6.42 Å². The first-order chi connectivity index (χ1) is 8.51. The summed E-state index contributed by atoms with van der Waals surface area (Å²) in [7, 11) is 3.11. The van der Waals surface area contributed by atoms with E-state index in [0.29, 0.717) is 19.7 Å². The molecule has 0 aromatic carbocycles. The smallest absolute Gasteiger partial charge is 0.317 e. The second kappa shape index (κ2) is 9.39. The van der Waals surface area contributed by atoms with Crippen molar-refractivity contribution in [3.05, 3.63) is 0 Å². The molecule has 0 radical (unpaired) electrons. The molecule has 102 valence electrons. The molecule has 1 amide bonds. The quantitative estimate of drug-likeness (QED) is 0.592.